The molecule has 1 atom stereocenters. The highest BCUT2D eigenvalue weighted by molar-refractivity contribution is 8.00. The first-order chi connectivity index (χ1) is 14.1. The third kappa shape index (κ3) is 5.07. The van der Waals surface area contributed by atoms with Crippen LogP contribution in [0.3, 0.4) is 0 Å². The van der Waals surface area contributed by atoms with Crippen LogP contribution in [-0.4, -0.2) is 25.9 Å². The molecule has 4 rings (SSSR count). The molecule has 0 aliphatic heterocycles. The van der Waals surface area contributed by atoms with Gasteiger partial charge in [-0.2, -0.15) is 0 Å². The monoisotopic (exact) mass is 406 g/mol. The summed E-state index contributed by atoms with van der Waals surface area (Å²) in [5.74, 6) is 1.56. The molecule has 3 aromatic rings. The molecule has 1 fully saturated rings. The fraction of sp³-hybridized carbons (Fsp3) is 0.348. The first kappa shape index (κ1) is 19.7. The molecule has 0 radical (unpaired) electrons. The Morgan fingerprint density at radius 3 is 2.52 bits per heavy atom. The van der Waals surface area contributed by atoms with Gasteiger partial charge in [0.2, 0.25) is 5.91 Å². The van der Waals surface area contributed by atoms with Crippen LogP contribution in [0.25, 0.3) is 0 Å². The molecule has 29 heavy (non-hydrogen) atoms. The number of hydrogen-bond acceptors (Lipinski definition) is 4. The number of carbonyl (C=O) groups is 1. The Labute approximate surface area is 175 Å². The smallest absolute Gasteiger partial charge is 0.233 e. The van der Waals surface area contributed by atoms with Crippen LogP contribution in [-0.2, 0) is 17.9 Å². The number of aromatic nitrogens is 3. The second kappa shape index (κ2) is 8.82. The van der Waals surface area contributed by atoms with E-state index in [-0.39, 0.29) is 11.2 Å². The molecule has 1 N–H and O–H groups in total. The van der Waals surface area contributed by atoms with Crippen molar-refractivity contribution >= 4 is 17.7 Å². The molecule has 1 aromatic heterocycles. The largest absolute Gasteiger partial charge is 0.351 e. The van der Waals surface area contributed by atoms with Crippen molar-refractivity contribution in [2.24, 2.45) is 0 Å². The summed E-state index contributed by atoms with van der Waals surface area (Å²) >= 11 is 1.48. The molecule has 1 unspecified atom stereocenters. The van der Waals surface area contributed by atoms with Crippen LogP contribution in [0.1, 0.15) is 48.2 Å². The zero-order chi connectivity index (χ0) is 20.2. The summed E-state index contributed by atoms with van der Waals surface area (Å²) in [4.78, 5) is 12.6. The summed E-state index contributed by atoms with van der Waals surface area (Å²) in [6, 6.07) is 18.6. The Balaban J connectivity index is 1.42. The number of aryl methyl sites for hydroxylation is 1. The van der Waals surface area contributed by atoms with E-state index in [0.29, 0.717) is 12.5 Å². The van der Waals surface area contributed by atoms with E-state index in [4.69, 9.17) is 0 Å². The summed E-state index contributed by atoms with van der Waals surface area (Å²) < 4.78 is 2.18. The third-order valence-corrected chi connectivity index (χ3v) is 6.19. The van der Waals surface area contributed by atoms with Gasteiger partial charge in [-0.05, 0) is 37.8 Å². The average molecular weight is 407 g/mol. The number of hydrogen-bond donors (Lipinski definition) is 1. The molecular weight excluding hydrogens is 380 g/mol. The molecule has 1 heterocycles. The van der Waals surface area contributed by atoms with Crippen LogP contribution in [0.2, 0.25) is 0 Å². The van der Waals surface area contributed by atoms with Gasteiger partial charge in [-0.15, -0.1) is 10.2 Å². The van der Waals surface area contributed by atoms with Gasteiger partial charge in [0.25, 0.3) is 0 Å². The van der Waals surface area contributed by atoms with E-state index in [1.54, 1.807) is 0 Å². The third-order valence-electron chi connectivity index (χ3n) is 5.11. The topological polar surface area (TPSA) is 59.8 Å². The molecule has 1 aliphatic carbocycles. The summed E-state index contributed by atoms with van der Waals surface area (Å²) in [7, 11) is 0. The number of carbonyl (C=O) groups excluding carboxylic acids is 1. The number of amides is 1. The number of rotatable bonds is 8. The van der Waals surface area contributed by atoms with Crippen LogP contribution < -0.4 is 5.32 Å². The maximum atomic E-state index is 12.6. The summed E-state index contributed by atoms with van der Waals surface area (Å²) in [5.41, 5.74) is 3.53. The lowest BCUT2D eigenvalue weighted by Crippen LogP contribution is -2.30. The molecule has 150 valence electrons. The van der Waals surface area contributed by atoms with Gasteiger partial charge in [0.1, 0.15) is 5.82 Å². The average Bonchev–Trinajstić information content (AvgIpc) is 3.51. The minimum atomic E-state index is -0.244. The highest BCUT2D eigenvalue weighted by Crippen LogP contribution is 2.40. The van der Waals surface area contributed by atoms with Gasteiger partial charge in [0.05, 0.1) is 11.8 Å². The summed E-state index contributed by atoms with van der Waals surface area (Å²) in [6.07, 6.45) is 2.34. The second-order valence-electron chi connectivity index (χ2n) is 7.65. The van der Waals surface area contributed by atoms with Crippen molar-refractivity contribution in [3.8, 4) is 0 Å². The molecule has 5 nitrogen and oxygen atoms in total. The predicted octanol–water partition coefficient (Wildman–Crippen LogP) is 4.31. The molecule has 1 aliphatic rings. The van der Waals surface area contributed by atoms with E-state index in [1.807, 2.05) is 37.3 Å². The molecule has 6 heteroatoms. The molecular formula is C23H26N4OS. The van der Waals surface area contributed by atoms with Gasteiger partial charge >= 0.3 is 0 Å². The predicted molar refractivity (Wildman–Crippen MR) is 116 cm³/mol. The highest BCUT2D eigenvalue weighted by atomic mass is 32.2. The highest BCUT2D eigenvalue weighted by Gasteiger charge is 2.31. The van der Waals surface area contributed by atoms with Crippen LogP contribution in [0, 0.1) is 6.92 Å². The lowest BCUT2D eigenvalue weighted by atomic mass is 10.1. The summed E-state index contributed by atoms with van der Waals surface area (Å²) in [5, 5.41) is 12.5. The lowest BCUT2D eigenvalue weighted by molar-refractivity contribution is -0.120. The van der Waals surface area contributed by atoms with Crippen molar-refractivity contribution in [3.63, 3.8) is 0 Å². The number of thioether (sulfide) groups is 1. The number of benzene rings is 2. The maximum Gasteiger partial charge on any atom is 0.233 e. The molecule has 0 saturated heterocycles. The summed E-state index contributed by atoms with van der Waals surface area (Å²) in [6.45, 7) is 5.25. The standard InChI is InChI=1S/C23H26N4OS/c1-16-8-10-18(11-9-16)14-24-22(28)17(2)29-23-26-25-21(20-12-13-20)27(23)15-19-6-4-3-5-7-19/h3-11,17,20H,12-15H2,1-2H3,(H,24,28). The van der Waals surface area contributed by atoms with Crippen LogP contribution in [0.4, 0.5) is 0 Å². The molecule has 1 saturated carbocycles. The Bertz CT molecular complexity index is 964. The van der Waals surface area contributed by atoms with Gasteiger partial charge in [0.15, 0.2) is 5.16 Å². The Kier molecular flexibility index (Phi) is 6.00. The number of nitrogens with zero attached hydrogens (tertiary/aromatic N) is 3. The van der Waals surface area contributed by atoms with Gasteiger partial charge in [0, 0.05) is 12.5 Å². The van der Waals surface area contributed by atoms with Gasteiger partial charge in [-0.1, -0.05) is 71.9 Å². The molecule has 2 aromatic carbocycles. The Morgan fingerprint density at radius 2 is 1.83 bits per heavy atom. The lowest BCUT2D eigenvalue weighted by Gasteiger charge is -2.14. The SMILES string of the molecule is Cc1ccc(CNC(=O)C(C)Sc2nnc(C3CC3)n2Cc2ccccc2)cc1. The minimum Gasteiger partial charge on any atom is -0.351 e. The Hall–Kier alpha value is -2.60. The molecule has 0 bridgehead atoms. The van der Waals surface area contributed by atoms with Crippen molar-refractivity contribution in [1.29, 1.82) is 0 Å². The maximum absolute atomic E-state index is 12.6. The minimum absolute atomic E-state index is 0.0119. The van der Waals surface area contributed by atoms with E-state index in [1.165, 1.54) is 35.7 Å². The van der Waals surface area contributed by atoms with Crippen molar-refractivity contribution in [2.45, 2.75) is 56.1 Å². The van der Waals surface area contributed by atoms with E-state index in [2.05, 4.69) is 51.3 Å². The van der Waals surface area contributed by atoms with Crippen molar-refractivity contribution in [1.82, 2.24) is 20.1 Å². The quantitative estimate of drug-likeness (QED) is 0.566. The van der Waals surface area contributed by atoms with Crippen LogP contribution in [0.15, 0.2) is 59.8 Å². The Morgan fingerprint density at radius 1 is 1.10 bits per heavy atom. The van der Waals surface area contributed by atoms with E-state index in [0.717, 1.165) is 23.1 Å². The van der Waals surface area contributed by atoms with Crippen molar-refractivity contribution in [2.75, 3.05) is 0 Å². The zero-order valence-electron chi connectivity index (χ0n) is 16.8. The molecule has 1 amide bonds. The van der Waals surface area contributed by atoms with Gasteiger partial charge in [-0.25, -0.2) is 0 Å². The zero-order valence-corrected chi connectivity index (χ0v) is 17.7. The van der Waals surface area contributed by atoms with Crippen molar-refractivity contribution < 1.29 is 4.79 Å². The van der Waals surface area contributed by atoms with Gasteiger partial charge < -0.3 is 9.88 Å². The fourth-order valence-electron chi connectivity index (χ4n) is 3.20. The van der Waals surface area contributed by atoms with E-state index < -0.39 is 0 Å². The normalized spacial score (nSPS) is 14.6. The van der Waals surface area contributed by atoms with Gasteiger partial charge in [-0.3, -0.25) is 4.79 Å². The van der Waals surface area contributed by atoms with Crippen LogP contribution in [0.5, 0.6) is 0 Å². The fourth-order valence-corrected chi connectivity index (χ4v) is 4.08. The van der Waals surface area contributed by atoms with E-state index in [9.17, 15) is 4.79 Å². The first-order valence-corrected chi connectivity index (χ1v) is 10.9. The second-order valence-corrected chi connectivity index (χ2v) is 8.96. The van der Waals surface area contributed by atoms with Crippen molar-refractivity contribution in [3.05, 3.63) is 77.1 Å². The number of nitrogens with one attached hydrogen (secondary N) is 1. The first-order valence-electron chi connectivity index (χ1n) is 10.1. The van der Waals surface area contributed by atoms with Crippen LogP contribution >= 0.6 is 11.8 Å². The molecule has 0 spiro atoms. The van der Waals surface area contributed by atoms with E-state index >= 15 is 0 Å².